The van der Waals surface area contributed by atoms with Crippen molar-refractivity contribution in [1.82, 2.24) is 25.3 Å². The van der Waals surface area contributed by atoms with E-state index < -0.39 is 0 Å². The van der Waals surface area contributed by atoms with E-state index >= 15 is 0 Å². The van der Waals surface area contributed by atoms with E-state index in [0.29, 0.717) is 24.5 Å². The molecule has 1 aromatic carbocycles. The van der Waals surface area contributed by atoms with Gasteiger partial charge in [-0.15, -0.1) is 0 Å². The number of benzene rings is 1. The van der Waals surface area contributed by atoms with Crippen LogP contribution in [-0.2, 0) is 13.1 Å². The molecule has 2 amide bonds. The summed E-state index contributed by atoms with van der Waals surface area (Å²) in [7, 11) is 0. The second-order valence-electron chi connectivity index (χ2n) is 9.28. The van der Waals surface area contributed by atoms with Crippen LogP contribution in [0.25, 0.3) is 0 Å². The van der Waals surface area contributed by atoms with E-state index in [0.717, 1.165) is 31.6 Å². The second kappa shape index (κ2) is 9.21. The number of nitrogens with zero attached hydrogens (tertiary/aromatic N) is 3. The quantitative estimate of drug-likeness (QED) is 0.734. The molecule has 2 N–H and O–H groups in total. The van der Waals surface area contributed by atoms with Gasteiger partial charge in [-0.3, -0.25) is 9.58 Å². The number of hydrogen-bond acceptors (Lipinski definition) is 3. The van der Waals surface area contributed by atoms with Crippen molar-refractivity contribution in [3.63, 3.8) is 0 Å². The molecule has 0 saturated carbocycles. The van der Waals surface area contributed by atoms with Gasteiger partial charge in [-0.25, -0.2) is 4.79 Å². The summed E-state index contributed by atoms with van der Waals surface area (Å²) in [5.74, 6) is 0.331. The Bertz CT molecular complexity index is 835. The number of piperidine rings is 1. The molecular weight excluding hydrogens is 374 g/mol. The number of fused-ring (bicyclic) bond motifs is 2. The number of urea groups is 1. The van der Waals surface area contributed by atoms with Crippen LogP contribution < -0.4 is 10.6 Å². The highest BCUT2D eigenvalue weighted by Crippen LogP contribution is 2.36. The Morgan fingerprint density at radius 2 is 1.87 bits per heavy atom. The van der Waals surface area contributed by atoms with E-state index in [-0.39, 0.29) is 12.1 Å². The summed E-state index contributed by atoms with van der Waals surface area (Å²) in [6.45, 7) is 8.74. The third kappa shape index (κ3) is 5.04. The molecule has 0 aliphatic carbocycles. The molecular formula is C24H35N5O. The highest BCUT2D eigenvalue weighted by molar-refractivity contribution is 5.74. The summed E-state index contributed by atoms with van der Waals surface area (Å²) in [6, 6.07) is 14.2. The standard InChI is InChI=1S/C24H35N5O/c1-17(15-29-19(3)11-18(2)27-29)14-25-24(30)26-21-12-22-9-10-23(13-21)28(22)16-20-7-5-4-6-8-20/h4-8,11,17,21-23H,9-10,12-16H2,1-3H3,(H2,25,26,30). The molecule has 162 valence electrons. The maximum Gasteiger partial charge on any atom is 0.315 e. The van der Waals surface area contributed by atoms with Crippen LogP contribution in [-0.4, -0.2) is 45.4 Å². The number of carbonyl (C=O) groups is 1. The smallest absolute Gasteiger partial charge is 0.315 e. The monoisotopic (exact) mass is 409 g/mol. The number of amides is 2. The molecule has 3 heterocycles. The lowest BCUT2D eigenvalue weighted by Gasteiger charge is -2.39. The predicted octanol–water partition coefficient (Wildman–Crippen LogP) is 3.63. The van der Waals surface area contributed by atoms with Gasteiger partial charge in [0.2, 0.25) is 0 Å². The number of aromatic nitrogens is 2. The van der Waals surface area contributed by atoms with Gasteiger partial charge < -0.3 is 10.6 Å². The van der Waals surface area contributed by atoms with Crippen molar-refractivity contribution in [2.24, 2.45) is 5.92 Å². The molecule has 2 fully saturated rings. The Morgan fingerprint density at radius 3 is 2.50 bits per heavy atom. The zero-order valence-corrected chi connectivity index (χ0v) is 18.5. The number of rotatable bonds is 7. The highest BCUT2D eigenvalue weighted by atomic mass is 16.2. The lowest BCUT2D eigenvalue weighted by atomic mass is 9.96. The fourth-order valence-corrected chi connectivity index (χ4v) is 5.17. The summed E-state index contributed by atoms with van der Waals surface area (Å²) in [4.78, 5) is 15.1. The molecule has 3 unspecified atom stereocenters. The maximum absolute atomic E-state index is 12.5. The number of nitrogens with one attached hydrogen (secondary N) is 2. The van der Waals surface area contributed by atoms with E-state index in [1.807, 2.05) is 11.6 Å². The third-order valence-corrected chi connectivity index (χ3v) is 6.63. The van der Waals surface area contributed by atoms with E-state index in [1.54, 1.807) is 0 Å². The zero-order valence-electron chi connectivity index (χ0n) is 18.5. The van der Waals surface area contributed by atoms with Crippen molar-refractivity contribution in [3.8, 4) is 0 Å². The van der Waals surface area contributed by atoms with Crippen molar-refractivity contribution in [1.29, 1.82) is 0 Å². The van der Waals surface area contributed by atoms with Gasteiger partial charge in [0.05, 0.1) is 5.69 Å². The topological polar surface area (TPSA) is 62.2 Å². The first-order valence-electron chi connectivity index (χ1n) is 11.3. The average Bonchev–Trinajstić information content (AvgIpc) is 3.14. The van der Waals surface area contributed by atoms with Crippen molar-refractivity contribution < 1.29 is 4.79 Å². The Morgan fingerprint density at radius 1 is 1.17 bits per heavy atom. The number of carbonyl (C=O) groups excluding carboxylic acids is 1. The molecule has 2 aromatic rings. The summed E-state index contributed by atoms with van der Waals surface area (Å²) in [5, 5.41) is 10.8. The molecule has 6 nitrogen and oxygen atoms in total. The minimum Gasteiger partial charge on any atom is -0.338 e. The van der Waals surface area contributed by atoms with Gasteiger partial charge in [-0.1, -0.05) is 37.3 Å². The van der Waals surface area contributed by atoms with Crippen molar-refractivity contribution in [2.45, 2.75) is 77.7 Å². The molecule has 1 aromatic heterocycles. The third-order valence-electron chi connectivity index (χ3n) is 6.63. The molecule has 0 spiro atoms. The first-order chi connectivity index (χ1) is 14.5. The van der Waals surface area contributed by atoms with Crippen molar-refractivity contribution >= 4 is 6.03 Å². The molecule has 2 aliphatic rings. The highest BCUT2D eigenvalue weighted by Gasteiger charge is 2.40. The molecule has 2 aliphatic heterocycles. The molecule has 3 atom stereocenters. The first-order valence-corrected chi connectivity index (χ1v) is 11.3. The van der Waals surface area contributed by atoms with E-state index in [4.69, 9.17) is 0 Å². The zero-order chi connectivity index (χ0) is 21.1. The van der Waals surface area contributed by atoms with Gasteiger partial charge in [0.25, 0.3) is 0 Å². The van der Waals surface area contributed by atoms with E-state index in [2.05, 4.69) is 70.9 Å². The molecule has 2 bridgehead atoms. The van der Waals surface area contributed by atoms with Crippen LogP contribution in [0.1, 0.15) is 49.6 Å². The Kier molecular flexibility index (Phi) is 6.42. The molecule has 30 heavy (non-hydrogen) atoms. The van der Waals surface area contributed by atoms with Crippen LogP contribution in [0.15, 0.2) is 36.4 Å². The summed E-state index contributed by atoms with van der Waals surface area (Å²) < 4.78 is 2.03. The van der Waals surface area contributed by atoms with Crippen molar-refractivity contribution in [2.75, 3.05) is 6.54 Å². The van der Waals surface area contributed by atoms with Crippen LogP contribution in [0, 0.1) is 19.8 Å². The fourth-order valence-electron chi connectivity index (χ4n) is 5.17. The maximum atomic E-state index is 12.5. The SMILES string of the molecule is Cc1cc(C)n(CC(C)CNC(=O)NC2CC3CCC(C2)N3Cc2ccccc2)n1. The molecule has 4 rings (SSSR count). The fraction of sp³-hybridized carbons (Fsp3) is 0.583. The first kappa shape index (κ1) is 20.9. The molecule has 6 heteroatoms. The van der Waals surface area contributed by atoms with E-state index in [9.17, 15) is 4.79 Å². The average molecular weight is 410 g/mol. The predicted molar refractivity (Wildman–Crippen MR) is 119 cm³/mol. The lowest BCUT2D eigenvalue weighted by molar-refractivity contribution is 0.111. The Labute approximate surface area is 180 Å². The van der Waals surface area contributed by atoms with Crippen LogP contribution in [0.2, 0.25) is 0 Å². The summed E-state index contributed by atoms with van der Waals surface area (Å²) in [5.41, 5.74) is 3.59. The van der Waals surface area contributed by atoms with Gasteiger partial charge in [0.1, 0.15) is 0 Å². The number of aryl methyl sites for hydroxylation is 2. The Hall–Kier alpha value is -2.34. The van der Waals surface area contributed by atoms with Gasteiger partial charge in [-0.05, 0) is 57.1 Å². The van der Waals surface area contributed by atoms with Crippen LogP contribution in [0.4, 0.5) is 4.79 Å². The van der Waals surface area contributed by atoms with Crippen LogP contribution >= 0.6 is 0 Å². The normalized spacial score (nSPS) is 24.6. The Balaban J connectivity index is 1.22. The van der Waals surface area contributed by atoms with Gasteiger partial charge in [0, 0.05) is 43.5 Å². The minimum atomic E-state index is -0.0314. The molecule has 2 saturated heterocycles. The van der Waals surface area contributed by atoms with Gasteiger partial charge in [0.15, 0.2) is 0 Å². The van der Waals surface area contributed by atoms with Crippen LogP contribution in [0.3, 0.4) is 0 Å². The second-order valence-corrected chi connectivity index (χ2v) is 9.28. The van der Waals surface area contributed by atoms with Crippen LogP contribution in [0.5, 0.6) is 0 Å². The summed E-state index contributed by atoms with van der Waals surface area (Å²) in [6.07, 6.45) is 4.60. The van der Waals surface area contributed by atoms with Crippen molar-refractivity contribution in [3.05, 3.63) is 53.3 Å². The molecule has 0 radical (unpaired) electrons. The lowest BCUT2D eigenvalue weighted by Crippen LogP contribution is -2.52. The largest absolute Gasteiger partial charge is 0.338 e. The van der Waals surface area contributed by atoms with Gasteiger partial charge >= 0.3 is 6.03 Å². The number of hydrogen-bond donors (Lipinski definition) is 2. The van der Waals surface area contributed by atoms with E-state index in [1.165, 1.54) is 24.1 Å². The summed E-state index contributed by atoms with van der Waals surface area (Å²) >= 11 is 0. The van der Waals surface area contributed by atoms with Gasteiger partial charge in [-0.2, -0.15) is 5.10 Å². The minimum absolute atomic E-state index is 0.0314.